The first-order valence-electron chi connectivity index (χ1n) is 13.5. The molecule has 0 amide bonds. The minimum Gasteiger partial charge on any atom is -0.481 e. The van der Waals surface area contributed by atoms with Gasteiger partial charge in [-0.3, -0.25) is 4.79 Å². The lowest BCUT2D eigenvalue weighted by atomic mass is 9.37. The fourth-order valence-electron chi connectivity index (χ4n) is 10.3. The molecule has 0 aromatic rings. The Morgan fingerprint density at radius 3 is 2.18 bits per heavy atom. The second kappa shape index (κ2) is 7.09. The molecule has 3 N–H and O–H groups in total. The van der Waals surface area contributed by atoms with Crippen LogP contribution in [0.5, 0.6) is 0 Å². The summed E-state index contributed by atoms with van der Waals surface area (Å²) in [7, 11) is 0. The molecule has 0 aromatic carbocycles. The maximum atomic E-state index is 12.7. The van der Waals surface area contributed by atoms with Gasteiger partial charge in [-0.1, -0.05) is 53.2 Å². The van der Waals surface area contributed by atoms with Crippen LogP contribution in [0.3, 0.4) is 0 Å². The van der Waals surface area contributed by atoms with Crippen LogP contribution in [0.1, 0.15) is 99.3 Å². The fraction of sp³-hybridized carbons (Fsp3) is 0.897. The van der Waals surface area contributed by atoms with Crippen molar-refractivity contribution in [3.8, 4) is 0 Å². The number of carboxylic acid groups (broad SMARTS) is 1. The highest BCUT2D eigenvalue weighted by molar-refractivity contribution is 5.77. The van der Waals surface area contributed by atoms with E-state index in [9.17, 15) is 20.1 Å². The van der Waals surface area contributed by atoms with Gasteiger partial charge in [0.1, 0.15) is 5.41 Å². The molecule has 33 heavy (non-hydrogen) atoms. The highest BCUT2D eigenvalue weighted by atomic mass is 16.4. The first-order chi connectivity index (χ1) is 15.2. The summed E-state index contributed by atoms with van der Waals surface area (Å²) in [4.78, 5) is 12.7. The summed E-state index contributed by atoms with van der Waals surface area (Å²) in [6.07, 6.45) is 9.52. The van der Waals surface area contributed by atoms with Crippen LogP contribution in [0, 0.1) is 50.7 Å². The molecule has 5 aliphatic carbocycles. The van der Waals surface area contributed by atoms with Gasteiger partial charge in [-0.15, -0.1) is 0 Å². The van der Waals surface area contributed by atoms with E-state index in [-0.39, 0.29) is 39.6 Å². The Balaban J connectivity index is 1.58. The van der Waals surface area contributed by atoms with Gasteiger partial charge in [0.2, 0.25) is 0 Å². The van der Waals surface area contributed by atoms with Gasteiger partial charge in [-0.25, -0.2) is 0 Å². The predicted molar refractivity (Wildman–Crippen MR) is 129 cm³/mol. The van der Waals surface area contributed by atoms with E-state index in [0.29, 0.717) is 24.7 Å². The van der Waals surface area contributed by atoms with Crippen LogP contribution in [0.2, 0.25) is 0 Å². The van der Waals surface area contributed by atoms with Gasteiger partial charge in [-0.2, -0.15) is 0 Å². The van der Waals surface area contributed by atoms with Gasteiger partial charge in [0.25, 0.3) is 0 Å². The topological polar surface area (TPSA) is 77.8 Å². The van der Waals surface area contributed by atoms with E-state index in [0.717, 1.165) is 44.9 Å². The Bertz CT molecular complexity index is 873. The smallest absolute Gasteiger partial charge is 0.312 e. The van der Waals surface area contributed by atoms with Crippen LogP contribution in [0.25, 0.3) is 0 Å². The average Bonchev–Trinajstić information content (AvgIpc) is 2.70. The normalized spacial score (nSPS) is 52.4. The van der Waals surface area contributed by atoms with Crippen molar-refractivity contribution >= 4 is 5.97 Å². The summed E-state index contributed by atoms with van der Waals surface area (Å²) in [5.74, 6) is 0.444. The zero-order chi connectivity index (χ0) is 24.2. The molecular weight excluding hydrogens is 412 g/mol. The minimum atomic E-state index is -1.01. The Kier molecular flexibility index (Phi) is 5.13. The molecule has 4 unspecified atom stereocenters. The summed E-state index contributed by atoms with van der Waals surface area (Å²) in [6.45, 7) is 14.0. The molecule has 0 aliphatic heterocycles. The Morgan fingerprint density at radius 2 is 1.52 bits per heavy atom. The average molecular weight is 459 g/mol. The number of rotatable bonds is 1. The number of carbonyl (C=O) groups is 1. The van der Waals surface area contributed by atoms with Gasteiger partial charge >= 0.3 is 5.97 Å². The summed E-state index contributed by atoms with van der Waals surface area (Å²) in [6, 6.07) is 0. The second-order valence-corrected chi connectivity index (χ2v) is 14.5. The molecule has 4 fully saturated rings. The molecule has 0 aromatic heterocycles. The molecule has 0 heterocycles. The van der Waals surface area contributed by atoms with Gasteiger partial charge < -0.3 is 15.3 Å². The summed E-state index contributed by atoms with van der Waals surface area (Å²) in [5, 5.41) is 32.8. The molecular formula is C29H46O4. The third kappa shape index (κ3) is 2.98. The number of aliphatic hydroxyl groups is 2. The third-order valence-corrected chi connectivity index (χ3v) is 12.3. The summed E-state index contributed by atoms with van der Waals surface area (Å²) < 4.78 is 0. The first kappa shape index (κ1) is 23.9. The van der Waals surface area contributed by atoms with Gasteiger partial charge in [-0.05, 0) is 103 Å². The third-order valence-electron chi connectivity index (χ3n) is 12.3. The largest absolute Gasteiger partial charge is 0.481 e. The lowest BCUT2D eigenvalue weighted by Crippen LogP contribution is -2.64. The molecule has 5 aliphatic rings. The van der Waals surface area contributed by atoms with Crippen LogP contribution < -0.4 is 0 Å². The lowest BCUT2D eigenvalue weighted by Gasteiger charge is -2.68. The van der Waals surface area contributed by atoms with Crippen molar-refractivity contribution in [1.29, 1.82) is 0 Å². The summed E-state index contributed by atoms with van der Waals surface area (Å²) >= 11 is 0. The van der Waals surface area contributed by atoms with Crippen molar-refractivity contribution in [3.63, 3.8) is 0 Å². The molecule has 0 bridgehead atoms. The zero-order valence-electron chi connectivity index (χ0n) is 21.7. The van der Waals surface area contributed by atoms with E-state index in [1.807, 2.05) is 0 Å². The van der Waals surface area contributed by atoms with E-state index in [1.165, 1.54) is 5.57 Å². The van der Waals surface area contributed by atoms with E-state index >= 15 is 0 Å². The molecule has 0 saturated heterocycles. The van der Waals surface area contributed by atoms with Crippen molar-refractivity contribution in [2.75, 3.05) is 0 Å². The molecule has 4 nitrogen and oxygen atoms in total. The second-order valence-electron chi connectivity index (χ2n) is 14.5. The number of allylic oxidation sites excluding steroid dienone is 2. The standard InChI is InChI=1S/C29H46O4/c1-25(2)13-14-29(24(32)33)19(16-25)17-7-8-21-27(5,18(17)15-23(29)31)11-9-20-26(3,4)22(30)10-12-28(20,21)6/h7,18-23,30-31H,8-16H2,1-6H3,(H,32,33)/t18?,19?,20?,21?,22-,23+,27-,28-,29+/m0/s1. The van der Waals surface area contributed by atoms with E-state index in [1.54, 1.807) is 0 Å². The number of hydrogen-bond donors (Lipinski definition) is 3. The quantitative estimate of drug-likeness (QED) is 0.433. The predicted octanol–water partition coefficient (Wildman–Crippen LogP) is 5.81. The molecule has 9 atom stereocenters. The van der Waals surface area contributed by atoms with Gasteiger partial charge in [0.15, 0.2) is 0 Å². The number of carboxylic acids is 1. The lowest BCUT2D eigenvalue weighted by molar-refractivity contribution is -0.200. The maximum absolute atomic E-state index is 12.7. The van der Waals surface area contributed by atoms with Crippen LogP contribution in [-0.4, -0.2) is 33.5 Å². The monoisotopic (exact) mass is 458 g/mol. The van der Waals surface area contributed by atoms with Crippen LogP contribution in [0.4, 0.5) is 0 Å². The molecule has 186 valence electrons. The molecule has 0 spiro atoms. The SMILES string of the molecule is CC1(C)CC[C@@]2(C(=O)O)C(C1)C1=CCC3[C@@](C)(CCC4C(C)(C)[C@@H](O)CC[C@@]43C)C1C[C@H]2O. The summed E-state index contributed by atoms with van der Waals surface area (Å²) in [5.41, 5.74) is 0.648. The van der Waals surface area contributed by atoms with E-state index < -0.39 is 17.5 Å². The van der Waals surface area contributed by atoms with Crippen LogP contribution in [0.15, 0.2) is 11.6 Å². The Morgan fingerprint density at radius 1 is 0.848 bits per heavy atom. The fourth-order valence-corrected chi connectivity index (χ4v) is 10.3. The molecule has 4 heteroatoms. The number of aliphatic carboxylic acids is 1. The number of aliphatic hydroxyl groups excluding tert-OH is 2. The Hall–Kier alpha value is -0.870. The molecule has 0 radical (unpaired) electrons. The van der Waals surface area contributed by atoms with Gasteiger partial charge in [0, 0.05) is 0 Å². The van der Waals surface area contributed by atoms with Crippen LogP contribution >= 0.6 is 0 Å². The number of hydrogen-bond acceptors (Lipinski definition) is 3. The van der Waals surface area contributed by atoms with Crippen molar-refractivity contribution in [2.45, 2.75) is 112 Å². The van der Waals surface area contributed by atoms with Crippen LogP contribution in [-0.2, 0) is 4.79 Å². The molecule has 5 rings (SSSR count). The number of fused-ring (bicyclic) bond motifs is 7. The zero-order valence-corrected chi connectivity index (χ0v) is 21.7. The van der Waals surface area contributed by atoms with E-state index in [4.69, 9.17) is 0 Å². The van der Waals surface area contributed by atoms with Crippen molar-refractivity contribution in [2.24, 2.45) is 50.7 Å². The minimum absolute atomic E-state index is 0.0552. The Labute approximate surface area is 200 Å². The highest BCUT2D eigenvalue weighted by Crippen LogP contribution is 2.72. The van der Waals surface area contributed by atoms with Gasteiger partial charge in [0.05, 0.1) is 12.2 Å². The van der Waals surface area contributed by atoms with Crippen molar-refractivity contribution < 1.29 is 20.1 Å². The van der Waals surface area contributed by atoms with Crippen molar-refractivity contribution in [3.05, 3.63) is 11.6 Å². The first-order valence-corrected chi connectivity index (χ1v) is 13.5. The maximum Gasteiger partial charge on any atom is 0.312 e. The highest BCUT2D eigenvalue weighted by Gasteiger charge is 2.67. The van der Waals surface area contributed by atoms with E-state index in [2.05, 4.69) is 47.6 Å². The van der Waals surface area contributed by atoms with Crippen molar-refractivity contribution in [1.82, 2.24) is 0 Å². The molecule has 4 saturated carbocycles.